The Labute approximate surface area is 109 Å². The Balaban J connectivity index is 2.30. The minimum Gasteiger partial charge on any atom is -0.455 e. The van der Waals surface area contributed by atoms with Crippen LogP contribution in [0, 0.1) is 0 Å². The molecule has 0 aliphatic heterocycles. The van der Waals surface area contributed by atoms with Crippen molar-refractivity contribution < 1.29 is 4.74 Å². The van der Waals surface area contributed by atoms with E-state index in [0.717, 1.165) is 15.8 Å². The third-order valence-electron chi connectivity index (χ3n) is 2.32. The van der Waals surface area contributed by atoms with Crippen LogP contribution in [-0.2, 0) is 0 Å². The fraction of sp³-hybridized carbons (Fsp3) is 0.154. The molecule has 0 spiro atoms. The highest BCUT2D eigenvalue weighted by Gasteiger charge is 2.08. The van der Waals surface area contributed by atoms with E-state index in [1.54, 1.807) is 12.4 Å². The van der Waals surface area contributed by atoms with E-state index in [1.165, 1.54) is 0 Å². The van der Waals surface area contributed by atoms with Gasteiger partial charge >= 0.3 is 0 Å². The molecule has 0 amide bonds. The topological polar surface area (TPSA) is 48.1 Å². The second kappa shape index (κ2) is 5.29. The molecule has 4 heteroatoms. The van der Waals surface area contributed by atoms with E-state index in [1.807, 2.05) is 37.3 Å². The summed E-state index contributed by atoms with van der Waals surface area (Å²) in [5.74, 6) is 1.45. The van der Waals surface area contributed by atoms with Gasteiger partial charge in [0.25, 0.3) is 0 Å². The van der Waals surface area contributed by atoms with Crippen LogP contribution in [0.5, 0.6) is 11.5 Å². The minimum atomic E-state index is -0.0636. The van der Waals surface area contributed by atoms with Crippen LogP contribution in [0.3, 0.4) is 0 Å². The Kier molecular flexibility index (Phi) is 3.76. The van der Waals surface area contributed by atoms with Gasteiger partial charge in [-0.1, -0.05) is 18.2 Å². The smallest absolute Gasteiger partial charge is 0.146 e. The highest BCUT2D eigenvalue weighted by Crippen LogP contribution is 2.29. The fourth-order valence-electron chi connectivity index (χ4n) is 1.52. The molecule has 0 radical (unpaired) electrons. The third kappa shape index (κ3) is 3.05. The van der Waals surface area contributed by atoms with Crippen LogP contribution >= 0.6 is 15.9 Å². The van der Waals surface area contributed by atoms with E-state index in [0.29, 0.717) is 5.75 Å². The number of halogens is 1. The molecule has 3 nitrogen and oxygen atoms in total. The van der Waals surface area contributed by atoms with E-state index in [2.05, 4.69) is 20.9 Å². The van der Waals surface area contributed by atoms with Gasteiger partial charge in [-0.05, 0) is 35.0 Å². The van der Waals surface area contributed by atoms with Gasteiger partial charge < -0.3 is 10.5 Å². The zero-order valence-corrected chi connectivity index (χ0v) is 11.0. The minimum absolute atomic E-state index is 0.0636. The number of aromatic nitrogens is 1. The fourth-order valence-corrected chi connectivity index (χ4v) is 1.87. The summed E-state index contributed by atoms with van der Waals surface area (Å²) in [6.07, 6.45) is 3.38. The van der Waals surface area contributed by atoms with Crippen molar-refractivity contribution in [1.29, 1.82) is 0 Å². The summed E-state index contributed by atoms with van der Waals surface area (Å²) in [4.78, 5) is 4.05. The lowest BCUT2D eigenvalue weighted by atomic mass is 10.1. The summed E-state index contributed by atoms with van der Waals surface area (Å²) < 4.78 is 6.66. The number of para-hydroxylation sites is 1. The first-order valence-electron chi connectivity index (χ1n) is 5.30. The molecule has 1 aromatic heterocycles. The second-order valence-corrected chi connectivity index (χ2v) is 4.68. The van der Waals surface area contributed by atoms with E-state index in [4.69, 9.17) is 10.5 Å². The largest absolute Gasteiger partial charge is 0.455 e. The first kappa shape index (κ1) is 12.1. The summed E-state index contributed by atoms with van der Waals surface area (Å²) in [6.45, 7) is 1.93. The molecule has 0 saturated heterocycles. The number of ether oxygens (including phenoxy) is 1. The molecule has 17 heavy (non-hydrogen) atoms. The lowest BCUT2D eigenvalue weighted by Gasteiger charge is -2.13. The van der Waals surface area contributed by atoms with Crippen LogP contribution in [0.4, 0.5) is 0 Å². The zero-order chi connectivity index (χ0) is 12.3. The number of benzene rings is 1. The molecule has 0 fully saturated rings. The zero-order valence-electron chi connectivity index (χ0n) is 9.43. The molecule has 0 bridgehead atoms. The van der Waals surface area contributed by atoms with Crippen LogP contribution in [0.25, 0.3) is 0 Å². The number of nitrogens with zero attached hydrogens (tertiary/aromatic N) is 1. The van der Waals surface area contributed by atoms with Gasteiger partial charge in [0.1, 0.15) is 11.5 Å². The maximum Gasteiger partial charge on any atom is 0.146 e. The van der Waals surface area contributed by atoms with Crippen molar-refractivity contribution in [2.45, 2.75) is 13.0 Å². The van der Waals surface area contributed by atoms with Crippen molar-refractivity contribution in [3.63, 3.8) is 0 Å². The SMILES string of the molecule is CC(N)c1ccccc1Oc1cncc(Br)c1. The van der Waals surface area contributed by atoms with E-state index in [-0.39, 0.29) is 6.04 Å². The Bertz CT molecular complexity index is 514. The lowest BCUT2D eigenvalue weighted by Crippen LogP contribution is -2.06. The van der Waals surface area contributed by atoms with Gasteiger partial charge in [-0.15, -0.1) is 0 Å². The molecule has 0 aliphatic carbocycles. The number of pyridine rings is 1. The quantitative estimate of drug-likeness (QED) is 0.939. The molecule has 0 saturated carbocycles. The van der Waals surface area contributed by atoms with Crippen LogP contribution in [0.15, 0.2) is 47.2 Å². The van der Waals surface area contributed by atoms with Crippen molar-refractivity contribution in [2.75, 3.05) is 0 Å². The first-order chi connectivity index (χ1) is 8.16. The van der Waals surface area contributed by atoms with Gasteiger partial charge in [0.2, 0.25) is 0 Å². The summed E-state index contributed by atoms with van der Waals surface area (Å²) in [6, 6.07) is 9.54. The molecule has 2 N–H and O–H groups in total. The maximum absolute atomic E-state index is 5.89. The number of hydrogen-bond acceptors (Lipinski definition) is 3. The Morgan fingerprint density at radius 2 is 2.06 bits per heavy atom. The van der Waals surface area contributed by atoms with Crippen molar-refractivity contribution >= 4 is 15.9 Å². The molecular weight excluding hydrogens is 280 g/mol. The number of nitrogens with two attached hydrogens (primary N) is 1. The highest BCUT2D eigenvalue weighted by atomic mass is 79.9. The third-order valence-corrected chi connectivity index (χ3v) is 2.75. The van der Waals surface area contributed by atoms with Crippen LogP contribution < -0.4 is 10.5 Å². The number of hydrogen-bond donors (Lipinski definition) is 1. The Morgan fingerprint density at radius 1 is 1.29 bits per heavy atom. The molecule has 1 atom stereocenters. The van der Waals surface area contributed by atoms with E-state index in [9.17, 15) is 0 Å². The van der Waals surface area contributed by atoms with Crippen LogP contribution in [0.2, 0.25) is 0 Å². The number of rotatable bonds is 3. The predicted molar refractivity (Wildman–Crippen MR) is 71.1 cm³/mol. The molecule has 1 unspecified atom stereocenters. The predicted octanol–water partition coefficient (Wildman–Crippen LogP) is 3.66. The van der Waals surface area contributed by atoms with Gasteiger partial charge in [-0.3, -0.25) is 4.98 Å². The van der Waals surface area contributed by atoms with Crippen LogP contribution in [-0.4, -0.2) is 4.98 Å². The maximum atomic E-state index is 5.89. The first-order valence-corrected chi connectivity index (χ1v) is 6.09. The van der Waals surface area contributed by atoms with Crippen molar-refractivity contribution in [3.05, 3.63) is 52.8 Å². The Morgan fingerprint density at radius 3 is 2.76 bits per heavy atom. The van der Waals surface area contributed by atoms with E-state index < -0.39 is 0 Å². The average Bonchev–Trinajstić information content (AvgIpc) is 2.29. The molecule has 1 aromatic carbocycles. The van der Waals surface area contributed by atoms with Gasteiger partial charge in [0, 0.05) is 22.3 Å². The second-order valence-electron chi connectivity index (χ2n) is 3.77. The molecule has 2 rings (SSSR count). The average molecular weight is 293 g/mol. The van der Waals surface area contributed by atoms with Gasteiger partial charge in [0.15, 0.2) is 0 Å². The van der Waals surface area contributed by atoms with Crippen molar-refractivity contribution in [2.24, 2.45) is 5.73 Å². The Hall–Kier alpha value is -1.39. The standard InChI is InChI=1S/C13H13BrN2O/c1-9(15)12-4-2-3-5-13(12)17-11-6-10(14)7-16-8-11/h2-9H,15H2,1H3. The van der Waals surface area contributed by atoms with Gasteiger partial charge in [-0.2, -0.15) is 0 Å². The van der Waals surface area contributed by atoms with Crippen molar-refractivity contribution in [1.82, 2.24) is 4.98 Å². The molecular formula is C13H13BrN2O. The van der Waals surface area contributed by atoms with Crippen LogP contribution in [0.1, 0.15) is 18.5 Å². The molecule has 88 valence electrons. The highest BCUT2D eigenvalue weighted by molar-refractivity contribution is 9.10. The van der Waals surface area contributed by atoms with Gasteiger partial charge in [0.05, 0.1) is 6.20 Å². The molecule has 0 aliphatic rings. The summed E-state index contributed by atoms with van der Waals surface area (Å²) in [7, 11) is 0. The normalized spacial score (nSPS) is 12.2. The van der Waals surface area contributed by atoms with E-state index >= 15 is 0 Å². The van der Waals surface area contributed by atoms with Gasteiger partial charge in [-0.25, -0.2) is 0 Å². The summed E-state index contributed by atoms with van der Waals surface area (Å²) in [5.41, 5.74) is 6.87. The monoisotopic (exact) mass is 292 g/mol. The summed E-state index contributed by atoms with van der Waals surface area (Å²) in [5, 5.41) is 0. The molecule has 1 heterocycles. The lowest BCUT2D eigenvalue weighted by molar-refractivity contribution is 0.469. The van der Waals surface area contributed by atoms with Crippen molar-refractivity contribution in [3.8, 4) is 11.5 Å². The summed E-state index contributed by atoms with van der Waals surface area (Å²) >= 11 is 3.36. The molecule has 2 aromatic rings.